The molecule has 0 radical (unpaired) electrons. The predicted octanol–water partition coefficient (Wildman–Crippen LogP) is 3.07. The number of benzene rings is 1. The van der Waals surface area contributed by atoms with E-state index in [1.165, 1.54) is 4.90 Å². The van der Waals surface area contributed by atoms with Gasteiger partial charge in [-0.15, -0.1) is 0 Å². The Hall–Kier alpha value is -2.17. The van der Waals surface area contributed by atoms with Gasteiger partial charge in [0.1, 0.15) is 17.3 Å². The molecule has 0 atom stereocenters. The lowest BCUT2D eigenvalue weighted by molar-refractivity contribution is -0.131. The van der Waals surface area contributed by atoms with E-state index in [0.717, 1.165) is 29.9 Å². The van der Waals surface area contributed by atoms with Crippen LogP contribution >= 0.6 is 0 Å². The molecule has 0 spiro atoms. The topological polar surface area (TPSA) is 40.5 Å². The van der Waals surface area contributed by atoms with Crippen LogP contribution in [0.4, 0.5) is 14.5 Å². The van der Waals surface area contributed by atoms with E-state index in [1.54, 1.807) is 14.0 Å². The Morgan fingerprint density at radius 2 is 1.95 bits per heavy atom. The Kier molecular flexibility index (Phi) is 4.80. The summed E-state index contributed by atoms with van der Waals surface area (Å²) in [4.78, 5) is 11.8. The van der Waals surface area contributed by atoms with Crippen molar-refractivity contribution >= 4 is 17.7 Å². The Balaban J connectivity index is 3.10. The van der Waals surface area contributed by atoms with E-state index < -0.39 is 17.6 Å². The van der Waals surface area contributed by atoms with Crippen molar-refractivity contribution in [1.29, 1.82) is 0 Å². The fourth-order valence-corrected chi connectivity index (χ4v) is 1.70. The van der Waals surface area contributed by atoms with E-state index in [4.69, 9.17) is 5.11 Å². The SMILES string of the molecule is C=C(C)CN(C)c1c(F)cc(/C=C/C(=O)O)cc1F. The molecule has 0 unspecified atom stereocenters. The summed E-state index contributed by atoms with van der Waals surface area (Å²) in [7, 11) is 1.56. The number of carboxylic acids is 1. The monoisotopic (exact) mass is 267 g/mol. The smallest absolute Gasteiger partial charge is 0.328 e. The van der Waals surface area contributed by atoms with Crippen molar-refractivity contribution < 1.29 is 18.7 Å². The molecule has 0 aliphatic rings. The zero-order valence-corrected chi connectivity index (χ0v) is 10.8. The van der Waals surface area contributed by atoms with Crippen LogP contribution in [0.2, 0.25) is 0 Å². The second-order valence-corrected chi connectivity index (χ2v) is 4.32. The first-order valence-corrected chi connectivity index (χ1v) is 5.57. The van der Waals surface area contributed by atoms with Crippen molar-refractivity contribution in [1.82, 2.24) is 0 Å². The third-order valence-corrected chi connectivity index (χ3v) is 2.35. The summed E-state index contributed by atoms with van der Waals surface area (Å²) in [6.07, 6.45) is 1.96. The van der Waals surface area contributed by atoms with Crippen LogP contribution in [0.15, 0.2) is 30.4 Å². The number of aliphatic carboxylic acids is 1. The molecule has 19 heavy (non-hydrogen) atoms. The van der Waals surface area contributed by atoms with Gasteiger partial charge in [-0.05, 0) is 30.7 Å². The maximum absolute atomic E-state index is 13.8. The second kappa shape index (κ2) is 6.13. The molecule has 0 heterocycles. The Morgan fingerprint density at radius 1 is 1.42 bits per heavy atom. The highest BCUT2D eigenvalue weighted by molar-refractivity contribution is 5.85. The van der Waals surface area contributed by atoms with Crippen LogP contribution in [0, 0.1) is 11.6 Å². The molecule has 0 fully saturated rings. The molecule has 0 saturated heterocycles. The van der Waals surface area contributed by atoms with Gasteiger partial charge < -0.3 is 10.0 Å². The van der Waals surface area contributed by atoms with Crippen LogP contribution in [0.25, 0.3) is 6.08 Å². The van der Waals surface area contributed by atoms with Gasteiger partial charge in [0.15, 0.2) is 0 Å². The molecule has 1 rings (SSSR count). The van der Waals surface area contributed by atoms with Crippen LogP contribution in [0.1, 0.15) is 12.5 Å². The highest BCUT2D eigenvalue weighted by atomic mass is 19.1. The highest BCUT2D eigenvalue weighted by Crippen LogP contribution is 2.25. The molecule has 0 aliphatic carbocycles. The summed E-state index contributed by atoms with van der Waals surface area (Å²) in [5.41, 5.74) is 0.775. The molecule has 0 amide bonds. The van der Waals surface area contributed by atoms with Gasteiger partial charge in [-0.3, -0.25) is 0 Å². The first-order valence-electron chi connectivity index (χ1n) is 5.57. The Labute approximate surface area is 110 Å². The van der Waals surface area contributed by atoms with E-state index in [9.17, 15) is 13.6 Å². The number of anilines is 1. The standard InChI is InChI=1S/C14H15F2NO2/c1-9(2)8-17(3)14-11(15)6-10(7-12(14)16)4-5-13(18)19/h4-7H,1,8H2,2-3H3,(H,18,19)/b5-4+. The fraction of sp³-hybridized carbons (Fsp3) is 0.214. The minimum atomic E-state index is -1.18. The predicted molar refractivity (Wildman–Crippen MR) is 71.1 cm³/mol. The van der Waals surface area contributed by atoms with Crippen molar-refractivity contribution in [3.63, 3.8) is 0 Å². The fourth-order valence-electron chi connectivity index (χ4n) is 1.70. The average Bonchev–Trinajstić information content (AvgIpc) is 2.24. The maximum atomic E-state index is 13.8. The number of nitrogens with zero attached hydrogens (tertiary/aromatic N) is 1. The van der Waals surface area contributed by atoms with Crippen LogP contribution < -0.4 is 4.90 Å². The molecule has 102 valence electrons. The molecule has 0 aliphatic heterocycles. The molecule has 1 N–H and O–H groups in total. The van der Waals surface area contributed by atoms with E-state index in [0.29, 0.717) is 6.54 Å². The zero-order valence-electron chi connectivity index (χ0n) is 10.8. The molecule has 1 aromatic carbocycles. The van der Waals surface area contributed by atoms with E-state index in [-0.39, 0.29) is 11.3 Å². The molecular weight excluding hydrogens is 252 g/mol. The van der Waals surface area contributed by atoms with Crippen LogP contribution in [0.3, 0.4) is 0 Å². The Bertz CT molecular complexity index is 515. The normalized spacial score (nSPS) is 10.7. The number of carbonyl (C=O) groups is 1. The number of hydrogen-bond donors (Lipinski definition) is 1. The summed E-state index contributed by atoms with van der Waals surface area (Å²) in [5, 5.41) is 8.46. The zero-order chi connectivity index (χ0) is 14.6. The number of carboxylic acid groups (broad SMARTS) is 1. The lowest BCUT2D eigenvalue weighted by atomic mass is 10.1. The molecule has 0 bridgehead atoms. The Morgan fingerprint density at radius 3 is 2.37 bits per heavy atom. The molecule has 3 nitrogen and oxygen atoms in total. The van der Waals surface area contributed by atoms with Crippen molar-refractivity contribution in [2.24, 2.45) is 0 Å². The van der Waals surface area contributed by atoms with E-state index in [1.807, 2.05) is 0 Å². The van der Waals surface area contributed by atoms with Gasteiger partial charge in [0.05, 0.1) is 0 Å². The van der Waals surface area contributed by atoms with Gasteiger partial charge in [-0.25, -0.2) is 13.6 Å². The molecular formula is C14H15F2NO2. The molecule has 1 aromatic rings. The van der Waals surface area contributed by atoms with Gasteiger partial charge in [0.2, 0.25) is 0 Å². The van der Waals surface area contributed by atoms with E-state index in [2.05, 4.69) is 6.58 Å². The number of hydrogen-bond acceptors (Lipinski definition) is 2. The van der Waals surface area contributed by atoms with Crippen LogP contribution in [0.5, 0.6) is 0 Å². The van der Waals surface area contributed by atoms with Crippen molar-refractivity contribution in [3.8, 4) is 0 Å². The van der Waals surface area contributed by atoms with Gasteiger partial charge >= 0.3 is 5.97 Å². The number of likely N-dealkylation sites (N-methyl/N-ethyl adjacent to an activating group) is 1. The number of halogens is 2. The third kappa shape index (κ3) is 4.21. The van der Waals surface area contributed by atoms with Gasteiger partial charge in [0, 0.05) is 19.7 Å². The lowest BCUT2D eigenvalue weighted by Crippen LogP contribution is -2.21. The van der Waals surface area contributed by atoms with Crippen molar-refractivity contribution in [2.45, 2.75) is 6.92 Å². The molecule has 0 aromatic heterocycles. The summed E-state index contributed by atoms with van der Waals surface area (Å²) in [5.74, 6) is -2.66. The summed E-state index contributed by atoms with van der Waals surface area (Å²) in [6, 6.07) is 2.18. The highest BCUT2D eigenvalue weighted by Gasteiger charge is 2.14. The van der Waals surface area contributed by atoms with Crippen molar-refractivity contribution in [2.75, 3.05) is 18.5 Å². The first kappa shape index (κ1) is 14.9. The van der Waals surface area contributed by atoms with Crippen LogP contribution in [-0.2, 0) is 4.79 Å². The van der Waals surface area contributed by atoms with Crippen molar-refractivity contribution in [3.05, 3.63) is 47.6 Å². The van der Waals surface area contributed by atoms with Gasteiger partial charge in [0.25, 0.3) is 0 Å². The minimum Gasteiger partial charge on any atom is -0.478 e. The summed E-state index contributed by atoms with van der Waals surface area (Å²) < 4.78 is 27.7. The maximum Gasteiger partial charge on any atom is 0.328 e. The molecule has 0 saturated carbocycles. The number of rotatable bonds is 5. The lowest BCUT2D eigenvalue weighted by Gasteiger charge is -2.20. The molecule has 5 heteroatoms. The van der Waals surface area contributed by atoms with Gasteiger partial charge in [-0.2, -0.15) is 0 Å². The van der Waals surface area contributed by atoms with Crippen LogP contribution in [-0.4, -0.2) is 24.7 Å². The summed E-state index contributed by atoms with van der Waals surface area (Å²) in [6.45, 7) is 5.78. The quantitative estimate of drug-likeness (QED) is 0.658. The van der Waals surface area contributed by atoms with E-state index >= 15 is 0 Å². The summed E-state index contributed by atoms with van der Waals surface area (Å²) >= 11 is 0. The average molecular weight is 267 g/mol. The first-order chi connectivity index (χ1) is 8.81. The van der Waals surface area contributed by atoms with Gasteiger partial charge in [-0.1, -0.05) is 12.2 Å². The second-order valence-electron chi connectivity index (χ2n) is 4.32. The third-order valence-electron chi connectivity index (χ3n) is 2.35. The minimum absolute atomic E-state index is 0.157. The largest absolute Gasteiger partial charge is 0.478 e.